The first-order valence-corrected chi connectivity index (χ1v) is 48.3. The van der Waals surface area contributed by atoms with E-state index in [1.165, 1.54) is 89.9 Å². The van der Waals surface area contributed by atoms with Gasteiger partial charge in [-0.15, -0.1) is 0 Å². The van der Waals surface area contributed by atoms with E-state index in [0.717, 1.165) is 51.4 Å². The van der Waals surface area contributed by atoms with Crippen LogP contribution in [-0.4, -0.2) is 326 Å². The predicted molar refractivity (Wildman–Crippen MR) is 507 cm³/mol. The van der Waals surface area contributed by atoms with Gasteiger partial charge in [0.05, 0.1) is 198 Å². The number of benzene rings is 4. The van der Waals surface area contributed by atoms with E-state index in [-0.39, 0.29) is 103 Å². The number of nitrogens with zero attached hydrogens (tertiary/aromatic N) is 6. The summed E-state index contributed by atoms with van der Waals surface area (Å²) in [5, 5.41) is 2.50. The molecule has 0 radical (unpaired) electrons. The summed E-state index contributed by atoms with van der Waals surface area (Å²) >= 11 is 0. The van der Waals surface area contributed by atoms with Crippen molar-refractivity contribution in [2.45, 2.75) is 161 Å². The van der Waals surface area contributed by atoms with Crippen molar-refractivity contribution in [1.29, 1.82) is 0 Å². The molecule has 7 aromatic rings. The summed E-state index contributed by atoms with van der Waals surface area (Å²) in [4.78, 5) is 40.6. The number of rotatable bonds is 82. The Bertz CT molecular complexity index is 4270. The third-order valence-corrected chi connectivity index (χ3v) is 22.2. The molecular formula is C99H150N8O26. The molecule has 0 aliphatic carbocycles. The van der Waals surface area contributed by atoms with Crippen molar-refractivity contribution in [3.63, 3.8) is 0 Å². The molecular weight excluding hydrogens is 1720 g/mol. The minimum Gasteiger partial charge on any atom is -0.487 e. The lowest BCUT2D eigenvalue weighted by Crippen LogP contribution is -2.38. The Kier molecular flexibility index (Phi) is 52.2. The van der Waals surface area contributed by atoms with Crippen LogP contribution in [0.4, 0.5) is 0 Å². The Balaban J connectivity index is 1.17. The number of methoxy groups -OCH3 is 6. The van der Waals surface area contributed by atoms with E-state index in [9.17, 15) is 0 Å². The molecule has 34 nitrogen and oxygen atoms in total. The minimum absolute atomic E-state index is 0.133. The van der Waals surface area contributed by atoms with Crippen LogP contribution in [0.25, 0.3) is 89.7 Å². The van der Waals surface area contributed by atoms with Crippen LogP contribution in [0.1, 0.15) is 155 Å². The normalized spacial score (nSPS) is 12.6. The molecule has 0 unspecified atom stereocenters. The highest BCUT2D eigenvalue weighted by Crippen LogP contribution is 2.50. The summed E-state index contributed by atoms with van der Waals surface area (Å²) in [5.41, 5.74) is 3.76. The van der Waals surface area contributed by atoms with Crippen molar-refractivity contribution in [1.82, 2.24) is 39.9 Å². The first kappa shape index (κ1) is 107. The van der Waals surface area contributed by atoms with Crippen molar-refractivity contribution in [2.24, 2.45) is 0 Å². The molecule has 3 aliphatic heterocycles. The van der Waals surface area contributed by atoms with Crippen LogP contribution >= 0.6 is 0 Å². The van der Waals surface area contributed by atoms with Crippen LogP contribution in [0.15, 0.2) is 48.5 Å². The standard InChI is InChI=1S/C99H150N8O26/c1-9-11-13-15-17-19-21-23-25-27-29-99(30-28-26-24-22-20-18-16-14-12-10-2)132-89-73-81-82(74-90(89)133-99)98-106-96-80-72-88(131-66-60-125-54-48-119-42-36-113-8)86(129-64-58-123-52-46-117-40-34-111-6)70-78(80)94(104-96)102-92-76-68-84(127-62-56-121-50-44-115-38-32-109-4)83(126-61-55-120-49-43-114-37-31-108-3)67-75(76)91(100-92)101-93-77-69-85(128-63-57-122-51-45-116-39-33-110-5)87(71-79(77)95(103-93)105-97(81)107-98)130-65-59-124-53-47-118-41-35-112-7/h67-74H,9-66H2,1-8H3,(H2,100,101,102,103,104,105,106,107). The molecule has 0 atom stereocenters. The Morgan fingerprint density at radius 1 is 0.218 bits per heavy atom. The first-order valence-electron chi connectivity index (χ1n) is 48.3. The zero-order valence-corrected chi connectivity index (χ0v) is 80.4. The molecule has 3 aromatic heterocycles. The molecule has 34 heteroatoms. The van der Waals surface area contributed by atoms with Gasteiger partial charge in [0.25, 0.3) is 5.79 Å². The number of aromatic amines is 2. The van der Waals surface area contributed by atoms with Gasteiger partial charge in [0, 0.05) is 99.3 Å². The van der Waals surface area contributed by atoms with E-state index in [0.29, 0.717) is 271 Å². The Hall–Kier alpha value is -8.08. The quantitative estimate of drug-likeness (QED) is 0.0334. The summed E-state index contributed by atoms with van der Waals surface area (Å²) < 4.78 is 157. The smallest absolute Gasteiger partial charge is 0.251 e. The summed E-state index contributed by atoms with van der Waals surface area (Å²) in [6, 6.07) is 15.3. The highest BCUT2D eigenvalue weighted by Gasteiger charge is 2.41. The lowest BCUT2D eigenvalue weighted by molar-refractivity contribution is -0.0949. The van der Waals surface area contributed by atoms with Gasteiger partial charge < -0.3 is 133 Å². The fourth-order valence-electron chi connectivity index (χ4n) is 15.2. The number of hydrogen-bond donors (Lipinski definition) is 2. The third kappa shape index (κ3) is 37.4. The molecule has 3 aliphatic rings. The highest BCUT2D eigenvalue weighted by atomic mass is 16.7. The number of nitrogens with one attached hydrogen (secondary N) is 2. The maximum atomic E-state index is 7.36. The molecule has 0 amide bonds. The van der Waals surface area contributed by atoms with Gasteiger partial charge >= 0.3 is 0 Å². The highest BCUT2D eigenvalue weighted by molar-refractivity contribution is 6.08. The number of hydrogen-bond acceptors (Lipinski definition) is 32. The molecule has 742 valence electrons. The summed E-state index contributed by atoms with van der Waals surface area (Å²) in [7, 11) is 9.82. The van der Waals surface area contributed by atoms with Gasteiger partial charge in [-0.05, 0) is 61.4 Å². The molecule has 10 rings (SSSR count). The van der Waals surface area contributed by atoms with Crippen LogP contribution in [0, 0.1) is 0 Å². The van der Waals surface area contributed by atoms with Gasteiger partial charge in [0.2, 0.25) is 0 Å². The van der Waals surface area contributed by atoms with E-state index in [2.05, 4.69) is 23.8 Å². The minimum atomic E-state index is -0.914. The molecule has 2 N–H and O–H groups in total. The number of aromatic nitrogens is 8. The molecule has 8 bridgehead atoms. The maximum Gasteiger partial charge on any atom is 0.251 e. The van der Waals surface area contributed by atoms with Gasteiger partial charge in [-0.25, -0.2) is 29.9 Å². The van der Waals surface area contributed by atoms with Crippen molar-refractivity contribution in [3.05, 3.63) is 48.5 Å². The molecule has 6 heterocycles. The Morgan fingerprint density at radius 3 is 0.624 bits per heavy atom. The van der Waals surface area contributed by atoms with E-state index < -0.39 is 5.79 Å². The second-order valence-corrected chi connectivity index (χ2v) is 32.4. The fourth-order valence-corrected chi connectivity index (χ4v) is 15.2. The summed E-state index contributed by atoms with van der Waals surface area (Å²) in [6.07, 6.45) is 25.6. The number of H-pyrrole nitrogens is 2. The zero-order chi connectivity index (χ0) is 93.1. The monoisotopic (exact) mass is 1870 g/mol. The second kappa shape index (κ2) is 64.8. The van der Waals surface area contributed by atoms with Crippen molar-refractivity contribution in [3.8, 4) is 91.5 Å². The van der Waals surface area contributed by atoms with Crippen LogP contribution in [0.5, 0.6) is 46.0 Å². The first-order chi connectivity index (χ1) is 65.7. The zero-order valence-electron chi connectivity index (χ0n) is 80.4. The van der Waals surface area contributed by atoms with Crippen LogP contribution in [0.3, 0.4) is 0 Å². The van der Waals surface area contributed by atoms with E-state index in [4.69, 9.17) is 153 Å². The number of fused-ring (bicyclic) bond motifs is 21. The van der Waals surface area contributed by atoms with Crippen LogP contribution in [0.2, 0.25) is 0 Å². The van der Waals surface area contributed by atoms with Gasteiger partial charge in [-0.1, -0.05) is 129 Å². The largest absolute Gasteiger partial charge is 0.487 e. The van der Waals surface area contributed by atoms with Gasteiger partial charge in [0.1, 0.15) is 62.2 Å². The van der Waals surface area contributed by atoms with Crippen molar-refractivity contribution in [2.75, 3.05) is 281 Å². The molecule has 0 saturated heterocycles. The molecule has 0 saturated carbocycles. The van der Waals surface area contributed by atoms with Gasteiger partial charge in [-0.2, -0.15) is 0 Å². The summed E-state index contributed by atoms with van der Waals surface area (Å²) in [5.74, 6) is 3.70. The average Bonchev–Trinajstić information content (AvgIpc) is 1.58. The van der Waals surface area contributed by atoms with Crippen molar-refractivity contribution < 1.29 is 123 Å². The maximum absolute atomic E-state index is 7.36. The predicted octanol–water partition coefficient (Wildman–Crippen LogP) is 16.3. The van der Waals surface area contributed by atoms with E-state index in [1.54, 1.807) is 42.7 Å². The SMILES string of the molecule is CCCCCCCCCCCCC1(CCCCCCCCCCCC)Oc2cc3c4nc5nc(nc6[nH]c(nc7nc(nc([nH]4)c3cc2O1)-c1cc(OCCOCCOCCOC)c(OCCOCCOCCOC)cc1-7)c1cc(OCCOCCOCCOC)c(OCCOCCOCCOC)cc61)-c1cc(OCCOCCOCCOC)c(OCCOCCOCCOC)cc1-5. The third-order valence-electron chi connectivity index (χ3n) is 22.2. The van der Waals surface area contributed by atoms with Crippen LogP contribution < -0.4 is 37.9 Å². The number of ether oxygens (including phenoxy) is 26. The number of unbranched alkanes of at least 4 members (excludes halogenated alkanes) is 18. The molecule has 4 aromatic carbocycles. The average molecular weight is 1870 g/mol. The lowest BCUT2D eigenvalue weighted by Gasteiger charge is -2.28. The topological polar surface area (TPSA) is 349 Å². The Morgan fingerprint density at radius 2 is 0.406 bits per heavy atom. The van der Waals surface area contributed by atoms with Crippen LogP contribution in [-0.2, 0) is 85.3 Å². The molecule has 0 spiro atoms. The summed E-state index contributed by atoms with van der Waals surface area (Å²) in [6.45, 7) is 16.5. The van der Waals surface area contributed by atoms with E-state index in [1.807, 2.05) is 48.5 Å². The molecule has 133 heavy (non-hydrogen) atoms. The van der Waals surface area contributed by atoms with Gasteiger partial charge in [-0.3, -0.25) is 0 Å². The van der Waals surface area contributed by atoms with E-state index >= 15 is 0 Å². The van der Waals surface area contributed by atoms with Crippen molar-refractivity contribution >= 4 is 44.1 Å². The molecule has 0 fully saturated rings. The fraction of sp³-hybridized carbons (Fsp3) is 0.677. The lowest BCUT2D eigenvalue weighted by atomic mass is 9.98. The Labute approximate surface area is 784 Å². The van der Waals surface area contributed by atoms with Gasteiger partial charge in [0.15, 0.2) is 69.3 Å². The second-order valence-electron chi connectivity index (χ2n) is 32.4.